The van der Waals surface area contributed by atoms with Gasteiger partial charge in [0.2, 0.25) is 0 Å². The molecule has 0 bridgehead atoms. The van der Waals surface area contributed by atoms with Gasteiger partial charge in [0.25, 0.3) is 0 Å². The van der Waals surface area contributed by atoms with Crippen LogP contribution in [0.4, 0.5) is 0 Å². The monoisotopic (exact) mass is 355 g/mol. The topological polar surface area (TPSA) is 29.9 Å². The van der Waals surface area contributed by atoms with Gasteiger partial charge in [0.05, 0.1) is 5.69 Å². The summed E-state index contributed by atoms with van der Waals surface area (Å²) in [6.45, 7) is 8.37. The highest BCUT2D eigenvalue weighted by molar-refractivity contribution is 9.10. The van der Waals surface area contributed by atoms with Gasteiger partial charge in [-0.05, 0) is 48.0 Å². The van der Waals surface area contributed by atoms with Gasteiger partial charge in [-0.3, -0.25) is 4.68 Å². The maximum Gasteiger partial charge on any atom is 0.0624 e. The zero-order valence-electron chi connectivity index (χ0n) is 12.3. The normalized spacial score (nSPS) is 12.8. The Labute approximate surface area is 133 Å². The average molecular weight is 356 g/mol. The maximum atomic E-state index is 4.64. The summed E-state index contributed by atoms with van der Waals surface area (Å²) in [6, 6.07) is 4.82. The number of hydrogen-bond acceptors (Lipinski definition) is 3. The lowest BCUT2D eigenvalue weighted by molar-refractivity contribution is 0.521. The van der Waals surface area contributed by atoms with Crippen LogP contribution in [0.2, 0.25) is 0 Å². The second-order valence-electron chi connectivity index (χ2n) is 4.78. The van der Waals surface area contributed by atoms with Crippen LogP contribution in [0, 0.1) is 0 Å². The van der Waals surface area contributed by atoms with E-state index in [4.69, 9.17) is 0 Å². The van der Waals surface area contributed by atoms with E-state index in [0.29, 0.717) is 6.04 Å². The minimum absolute atomic E-state index is 0.364. The summed E-state index contributed by atoms with van der Waals surface area (Å²) in [5.74, 6) is 0. The van der Waals surface area contributed by atoms with E-state index in [2.05, 4.69) is 69.3 Å². The molecule has 5 heteroatoms. The molecule has 0 amide bonds. The average Bonchev–Trinajstić information content (AvgIpc) is 3.04. The number of aryl methyl sites for hydroxylation is 2. The van der Waals surface area contributed by atoms with Crippen LogP contribution >= 0.6 is 27.3 Å². The van der Waals surface area contributed by atoms with E-state index >= 15 is 0 Å². The van der Waals surface area contributed by atoms with Crippen molar-refractivity contribution in [2.75, 3.05) is 6.54 Å². The second-order valence-corrected chi connectivity index (χ2v) is 6.64. The number of aromatic nitrogens is 2. The highest BCUT2D eigenvalue weighted by atomic mass is 79.9. The third-order valence-electron chi connectivity index (χ3n) is 3.37. The Bertz CT molecular complexity index is 547. The molecule has 2 rings (SSSR count). The fourth-order valence-electron chi connectivity index (χ4n) is 2.37. The lowest BCUT2D eigenvalue weighted by Gasteiger charge is -2.17. The fraction of sp³-hybridized carbons (Fsp3) is 0.533. The van der Waals surface area contributed by atoms with Crippen LogP contribution in [-0.2, 0) is 19.4 Å². The molecule has 1 unspecified atom stereocenters. The molecule has 20 heavy (non-hydrogen) atoms. The Morgan fingerprint density at radius 3 is 2.70 bits per heavy atom. The Morgan fingerprint density at radius 1 is 1.35 bits per heavy atom. The number of nitrogens with zero attached hydrogens (tertiary/aromatic N) is 2. The van der Waals surface area contributed by atoms with Gasteiger partial charge < -0.3 is 5.32 Å². The van der Waals surface area contributed by atoms with Crippen LogP contribution in [0.25, 0.3) is 0 Å². The molecular formula is C15H22BrN3S. The van der Waals surface area contributed by atoms with Crippen molar-refractivity contribution in [2.24, 2.45) is 0 Å². The van der Waals surface area contributed by atoms with Crippen molar-refractivity contribution in [3.8, 4) is 0 Å². The van der Waals surface area contributed by atoms with Gasteiger partial charge in [-0.2, -0.15) is 5.10 Å². The minimum atomic E-state index is 0.364. The molecule has 0 aliphatic heterocycles. The quantitative estimate of drug-likeness (QED) is 0.807. The maximum absolute atomic E-state index is 4.64. The Balaban J connectivity index is 2.21. The summed E-state index contributed by atoms with van der Waals surface area (Å²) in [4.78, 5) is 1.38. The molecular weight excluding hydrogens is 334 g/mol. The molecule has 0 aliphatic rings. The number of halogens is 1. The van der Waals surface area contributed by atoms with E-state index in [9.17, 15) is 0 Å². The second kappa shape index (κ2) is 7.38. The Kier molecular flexibility index (Phi) is 5.81. The SMILES string of the molecule is CCNC(Cc1cc(CC)nn1CC)c1cc(Br)cs1. The molecule has 0 radical (unpaired) electrons. The zero-order valence-corrected chi connectivity index (χ0v) is 14.7. The predicted octanol–water partition coefficient (Wildman–Crippen LogP) is 4.18. The van der Waals surface area contributed by atoms with E-state index in [-0.39, 0.29) is 0 Å². The summed E-state index contributed by atoms with van der Waals surface area (Å²) in [5, 5.41) is 10.4. The van der Waals surface area contributed by atoms with Crippen LogP contribution < -0.4 is 5.32 Å². The summed E-state index contributed by atoms with van der Waals surface area (Å²) < 4.78 is 3.30. The highest BCUT2D eigenvalue weighted by Crippen LogP contribution is 2.28. The van der Waals surface area contributed by atoms with Gasteiger partial charge in [-0.25, -0.2) is 0 Å². The van der Waals surface area contributed by atoms with Gasteiger partial charge >= 0.3 is 0 Å². The van der Waals surface area contributed by atoms with Crippen molar-refractivity contribution in [2.45, 2.75) is 46.2 Å². The lowest BCUT2D eigenvalue weighted by Crippen LogP contribution is -2.23. The number of thiophene rings is 1. The molecule has 0 spiro atoms. The van der Waals surface area contributed by atoms with Crippen LogP contribution in [0.5, 0.6) is 0 Å². The number of hydrogen-bond donors (Lipinski definition) is 1. The van der Waals surface area contributed by atoms with Crippen LogP contribution in [0.15, 0.2) is 22.0 Å². The first-order valence-electron chi connectivity index (χ1n) is 7.20. The van der Waals surface area contributed by atoms with Crippen molar-refractivity contribution in [3.05, 3.63) is 38.3 Å². The first kappa shape index (κ1) is 15.7. The first-order chi connectivity index (χ1) is 9.67. The molecule has 1 N–H and O–H groups in total. The molecule has 0 aromatic carbocycles. The fourth-order valence-corrected chi connectivity index (χ4v) is 3.89. The van der Waals surface area contributed by atoms with E-state index in [1.165, 1.54) is 20.7 Å². The molecule has 0 saturated heterocycles. The zero-order chi connectivity index (χ0) is 14.5. The van der Waals surface area contributed by atoms with Gasteiger partial charge in [-0.15, -0.1) is 11.3 Å². The predicted molar refractivity (Wildman–Crippen MR) is 89.4 cm³/mol. The lowest BCUT2D eigenvalue weighted by atomic mass is 10.1. The van der Waals surface area contributed by atoms with Crippen molar-refractivity contribution in [3.63, 3.8) is 0 Å². The van der Waals surface area contributed by atoms with Gasteiger partial charge in [0.1, 0.15) is 0 Å². The summed E-state index contributed by atoms with van der Waals surface area (Å²) in [5.41, 5.74) is 2.50. The van der Waals surface area contributed by atoms with Gasteiger partial charge in [0, 0.05) is 39.4 Å². The molecule has 0 fully saturated rings. The van der Waals surface area contributed by atoms with Crippen molar-refractivity contribution < 1.29 is 0 Å². The third kappa shape index (κ3) is 3.71. The smallest absolute Gasteiger partial charge is 0.0624 e. The van der Waals surface area contributed by atoms with Crippen LogP contribution in [0.1, 0.15) is 43.1 Å². The largest absolute Gasteiger partial charge is 0.309 e. The number of nitrogens with one attached hydrogen (secondary N) is 1. The van der Waals surface area contributed by atoms with E-state index in [0.717, 1.165) is 25.9 Å². The number of rotatable bonds is 7. The van der Waals surface area contributed by atoms with Crippen LogP contribution in [0.3, 0.4) is 0 Å². The van der Waals surface area contributed by atoms with Crippen LogP contribution in [-0.4, -0.2) is 16.3 Å². The Morgan fingerprint density at radius 2 is 2.15 bits per heavy atom. The molecule has 2 aromatic rings. The van der Waals surface area contributed by atoms with Crippen molar-refractivity contribution >= 4 is 27.3 Å². The van der Waals surface area contributed by atoms with Gasteiger partial charge in [0.15, 0.2) is 0 Å². The molecule has 2 heterocycles. The summed E-state index contributed by atoms with van der Waals surface area (Å²) >= 11 is 5.35. The van der Waals surface area contributed by atoms with E-state index < -0.39 is 0 Å². The summed E-state index contributed by atoms with van der Waals surface area (Å²) in [6.07, 6.45) is 1.98. The third-order valence-corrected chi connectivity index (χ3v) is 5.18. The van der Waals surface area contributed by atoms with Crippen molar-refractivity contribution in [1.29, 1.82) is 0 Å². The highest BCUT2D eigenvalue weighted by Gasteiger charge is 2.16. The van der Waals surface area contributed by atoms with E-state index in [1.807, 2.05) is 0 Å². The molecule has 110 valence electrons. The first-order valence-corrected chi connectivity index (χ1v) is 8.88. The molecule has 3 nitrogen and oxygen atoms in total. The molecule has 1 atom stereocenters. The van der Waals surface area contributed by atoms with E-state index in [1.54, 1.807) is 11.3 Å². The summed E-state index contributed by atoms with van der Waals surface area (Å²) in [7, 11) is 0. The number of likely N-dealkylation sites (N-methyl/N-ethyl adjacent to an activating group) is 1. The van der Waals surface area contributed by atoms with Crippen molar-refractivity contribution in [1.82, 2.24) is 15.1 Å². The molecule has 0 saturated carbocycles. The molecule has 2 aromatic heterocycles. The molecule has 0 aliphatic carbocycles. The standard InChI is InChI=1S/C15H22BrN3S/c1-4-12-8-13(19(6-3)18-12)9-14(17-5-2)15-7-11(16)10-20-15/h7-8,10,14,17H,4-6,9H2,1-3H3. The van der Waals surface area contributed by atoms with Gasteiger partial charge in [-0.1, -0.05) is 13.8 Å². The minimum Gasteiger partial charge on any atom is -0.309 e. The Hall–Kier alpha value is -0.650.